The van der Waals surface area contributed by atoms with E-state index in [-0.39, 0.29) is 22.5 Å². The highest BCUT2D eigenvalue weighted by Crippen LogP contribution is 2.38. The highest BCUT2D eigenvalue weighted by atomic mass is 32.2. The second-order valence-corrected chi connectivity index (χ2v) is 9.17. The highest BCUT2D eigenvalue weighted by molar-refractivity contribution is 7.92. The maximum atomic E-state index is 13.1. The number of alkyl halides is 3. The molecule has 2 aromatic carbocycles. The van der Waals surface area contributed by atoms with Crippen molar-refractivity contribution >= 4 is 33.4 Å². The summed E-state index contributed by atoms with van der Waals surface area (Å²) in [6, 6.07) is 7.98. The predicted molar refractivity (Wildman–Crippen MR) is 107 cm³/mol. The van der Waals surface area contributed by atoms with E-state index < -0.39 is 38.0 Å². The minimum absolute atomic E-state index is 0.0260. The molecule has 0 aromatic heterocycles. The van der Waals surface area contributed by atoms with E-state index in [1.807, 2.05) is 5.32 Å². The van der Waals surface area contributed by atoms with Crippen molar-refractivity contribution in [3.63, 3.8) is 0 Å². The summed E-state index contributed by atoms with van der Waals surface area (Å²) >= 11 is 0. The molecule has 0 atom stereocenters. The standard InChI is InChI=1S/C19H19F3N2O6S/c1-18(2,3)30-17(27)24-13-9-8-11(10-14(13)23-16(25)26)12-6-4-5-7-15(12)31(28,29)19(20,21)22/h4-10,23H,1-3H3,(H,24,27)(H,25,26). The summed E-state index contributed by atoms with van der Waals surface area (Å²) in [5.41, 5.74) is -6.93. The SMILES string of the molecule is CC(C)(C)OC(=O)Nc1ccc(-c2ccccc2S(=O)(=O)C(F)(F)F)cc1NC(=O)O. The van der Waals surface area contributed by atoms with Crippen molar-refractivity contribution < 1.29 is 41.0 Å². The summed E-state index contributed by atoms with van der Waals surface area (Å²) < 4.78 is 68.2. The number of sulfone groups is 1. The van der Waals surface area contributed by atoms with Crippen LogP contribution in [0.5, 0.6) is 0 Å². The van der Waals surface area contributed by atoms with Crippen LogP contribution in [0.2, 0.25) is 0 Å². The monoisotopic (exact) mass is 460 g/mol. The van der Waals surface area contributed by atoms with Gasteiger partial charge in [-0.25, -0.2) is 18.0 Å². The van der Waals surface area contributed by atoms with Crippen LogP contribution in [0.15, 0.2) is 47.4 Å². The fourth-order valence-corrected chi connectivity index (χ4v) is 3.50. The van der Waals surface area contributed by atoms with Gasteiger partial charge in [0, 0.05) is 5.56 Å². The molecule has 8 nitrogen and oxygen atoms in total. The maximum absolute atomic E-state index is 13.1. The zero-order valence-corrected chi connectivity index (χ0v) is 17.4. The Labute approximate surface area is 175 Å². The first-order valence-electron chi connectivity index (χ1n) is 8.66. The lowest BCUT2D eigenvalue weighted by Gasteiger charge is -2.21. The van der Waals surface area contributed by atoms with Gasteiger partial charge in [-0.1, -0.05) is 24.3 Å². The number of halogens is 3. The third-order valence-corrected chi connectivity index (χ3v) is 5.23. The normalized spacial score (nSPS) is 12.2. The number of carbonyl (C=O) groups excluding carboxylic acids is 1. The molecule has 168 valence electrons. The molecule has 3 N–H and O–H groups in total. The van der Waals surface area contributed by atoms with Crippen LogP contribution >= 0.6 is 0 Å². The number of anilines is 2. The van der Waals surface area contributed by atoms with Crippen molar-refractivity contribution in [2.75, 3.05) is 10.6 Å². The number of hydrogen-bond donors (Lipinski definition) is 3. The molecule has 0 saturated carbocycles. The zero-order valence-electron chi connectivity index (χ0n) is 16.6. The second kappa shape index (κ2) is 8.46. The average Bonchev–Trinajstić information content (AvgIpc) is 2.60. The molecule has 0 aliphatic carbocycles. The van der Waals surface area contributed by atoms with Gasteiger partial charge in [-0.05, 0) is 44.5 Å². The molecule has 12 heteroatoms. The van der Waals surface area contributed by atoms with Gasteiger partial charge in [0.15, 0.2) is 0 Å². The quantitative estimate of drug-likeness (QED) is 0.585. The van der Waals surface area contributed by atoms with Crippen molar-refractivity contribution in [2.45, 2.75) is 36.8 Å². The van der Waals surface area contributed by atoms with Gasteiger partial charge >= 0.3 is 17.7 Å². The predicted octanol–water partition coefficient (Wildman–Crippen LogP) is 5.08. The van der Waals surface area contributed by atoms with E-state index >= 15 is 0 Å². The van der Waals surface area contributed by atoms with Crippen molar-refractivity contribution in [1.29, 1.82) is 0 Å². The van der Waals surface area contributed by atoms with E-state index in [0.717, 1.165) is 24.3 Å². The van der Waals surface area contributed by atoms with Crippen LogP contribution < -0.4 is 10.6 Å². The van der Waals surface area contributed by atoms with Crippen LogP contribution in [-0.2, 0) is 14.6 Å². The first-order valence-corrected chi connectivity index (χ1v) is 10.1. The molecule has 0 heterocycles. The van der Waals surface area contributed by atoms with Crippen molar-refractivity contribution in [3.8, 4) is 11.1 Å². The van der Waals surface area contributed by atoms with Gasteiger partial charge in [0.05, 0.1) is 16.3 Å². The lowest BCUT2D eigenvalue weighted by Crippen LogP contribution is -2.27. The molecule has 0 aliphatic rings. The number of nitrogens with one attached hydrogen (secondary N) is 2. The van der Waals surface area contributed by atoms with Gasteiger partial charge < -0.3 is 9.84 Å². The molecule has 0 aliphatic heterocycles. The summed E-state index contributed by atoms with van der Waals surface area (Å²) in [6.07, 6.45) is -2.41. The molecule has 2 aromatic rings. The Balaban J connectivity index is 2.56. The van der Waals surface area contributed by atoms with Crippen molar-refractivity contribution in [3.05, 3.63) is 42.5 Å². The van der Waals surface area contributed by atoms with Gasteiger partial charge in [0.1, 0.15) is 5.60 Å². The summed E-state index contributed by atoms with van der Waals surface area (Å²) in [5.74, 6) is 0. The van der Waals surface area contributed by atoms with Crippen molar-refractivity contribution in [2.24, 2.45) is 0 Å². The first-order chi connectivity index (χ1) is 14.1. The fraction of sp³-hybridized carbons (Fsp3) is 0.263. The van der Waals surface area contributed by atoms with Crippen LogP contribution in [0.25, 0.3) is 11.1 Å². The van der Waals surface area contributed by atoms with E-state index in [1.165, 1.54) is 18.2 Å². The summed E-state index contributed by atoms with van der Waals surface area (Å²) in [7, 11) is -5.67. The lowest BCUT2D eigenvalue weighted by molar-refractivity contribution is -0.0435. The number of carbonyl (C=O) groups is 2. The molecular weight excluding hydrogens is 441 g/mol. The van der Waals surface area contributed by atoms with Crippen molar-refractivity contribution in [1.82, 2.24) is 0 Å². The Bertz CT molecular complexity index is 1110. The van der Waals surface area contributed by atoms with Crippen LogP contribution in [0, 0.1) is 0 Å². The highest BCUT2D eigenvalue weighted by Gasteiger charge is 2.47. The topological polar surface area (TPSA) is 122 Å². The van der Waals surface area contributed by atoms with E-state index in [1.54, 1.807) is 20.8 Å². The Hall–Kier alpha value is -3.28. The number of hydrogen-bond acceptors (Lipinski definition) is 5. The Kier molecular flexibility index (Phi) is 6.54. The van der Waals surface area contributed by atoms with E-state index in [0.29, 0.717) is 0 Å². The number of carboxylic acid groups (broad SMARTS) is 1. The number of ether oxygens (including phenoxy) is 1. The molecule has 0 fully saturated rings. The largest absolute Gasteiger partial charge is 0.501 e. The lowest BCUT2D eigenvalue weighted by atomic mass is 10.0. The Morgan fingerprint density at radius 1 is 0.968 bits per heavy atom. The summed E-state index contributed by atoms with van der Waals surface area (Å²) in [6.45, 7) is 4.85. The van der Waals surface area contributed by atoms with Gasteiger partial charge in [-0.3, -0.25) is 10.6 Å². The van der Waals surface area contributed by atoms with Gasteiger partial charge in [-0.15, -0.1) is 0 Å². The molecule has 0 bridgehead atoms. The van der Waals surface area contributed by atoms with Crippen LogP contribution in [0.4, 0.5) is 34.1 Å². The Morgan fingerprint density at radius 3 is 2.13 bits per heavy atom. The molecule has 0 radical (unpaired) electrons. The average molecular weight is 460 g/mol. The Morgan fingerprint density at radius 2 is 1.58 bits per heavy atom. The van der Waals surface area contributed by atoms with E-state index in [9.17, 15) is 31.2 Å². The maximum Gasteiger partial charge on any atom is 0.501 e. The van der Waals surface area contributed by atoms with E-state index in [2.05, 4.69) is 5.32 Å². The minimum atomic E-state index is -5.67. The van der Waals surface area contributed by atoms with Crippen LogP contribution in [0.3, 0.4) is 0 Å². The minimum Gasteiger partial charge on any atom is -0.465 e. The summed E-state index contributed by atoms with van der Waals surface area (Å²) in [4.78, 5) is 22.2. The van der Waals surface area contributed by atoms with Gasteiger partial charge in [0.25, 0.3) is 9.84 Å². The second-order valence-electron chi connectivity index (χ2n) is 7.26. The first kappa shape index (κ1) is 24.0. The molecule has 2 rings (SSSR count). The number of rotatable bonds is 4. The van der Waals surface area contributed by atoms with Crippen LogP contribution in [-0.4, -0.2) is 36.8 Å². The zero-order chi connectivity index (χ0) is 23.6. The van der Waals surface area contributed by atoms with Crippen LogP contribution in [0.1, 0.15) is 20.8 Å². The van der Waals surface area contributed by atoms with Gasteiger partial charge in [-0.2, -0.15) is 13.2 Å². The molecule has 0 saturated heterocycles. The van der Waals surface area contributed by atoms with Gasteiger partial charge in [0.2, 0.25) is 0 Å². The third kappa shape index (κ3) is 5.87. The van der Waals surface area contributed by atoms with E-state index in [4.69, 9.17) is 9.84 Å². The number of benzene rings is 2. The molecule has 0 unspecified atom stereocenters. The third-order valence-electron chi connectivity index (χ3n) is 3.69. The molecule has 31 heavy (non-hydrogen) atoms. The fourth-order valence-electron chi connectivity index (χ4n) is 2.52. The smallest absolute Gasteiger partial charge is 0.465 e. The summed E-state index contributed by atoms with van der Waals surface area (Å²) in [5, 5.41) is 13.4. The molecule has 2 amide bonds. The molecular formula is C19H19F3N2O6S. The molecule has 0 spiro atoms. The number of amides is 2.